The van der Waals surface area contributed by atoms with Crippen LogP contribution in [-0.4, -0.2) is 81.1 Å². The molecule has 5 aliphatic rings. The van der Waals surface area contributed by atoms with Crippen molar-refractivity contribution in [2.24, 2.45) is 5.73 Å². The molecule has 3 saturated carbocycles. The third-order valence-electron chi connectivity index (χ3n) is 10.2. The lowest BCUT2D eigenvalue weighted by Gasteiger charge is -2.52. The summed E-state index contributed by atoms with van der Waals surface area (Å²) in [6.07, 6.45) is 4.03. The zero-order valence-corrected chi connectivity index (χ0v) is 26.9. The lowest BCUT2D eigenvalue weighted by Crippen LogP contribution is -2.58. The Hall–Kier alpha value is -4.08. The zero-order chi connectivity index (χ0) is 33.0. The SMILES string of the molecule is COc1ccc(CN2C(=O)[C@@H](N)CS(=O)(=O)c3cc(F)c(C(=O)NC45CCC(c6nc(N7CCOCC7)no6)(CC4)CC5)cc32)cc1. The average Bonchev–Trinajstić information content (AvgIpc) is 3.58. The number of halogens is 1. The largest absolute Gasteiger partial charge is 0.497 e. The molecule has 2 amide bonds. The molecular weight excluding hydrogens is 631 g/mol. The molecule has 13 nitrogen and oxygen atoms in total. The van der Waals surface area contributed by atoms with Crippen molar-refractivity contribution in [3.8, 4) is 5.75 Å². The number of rotatable bonds is 7. The first-order valence-electron chi connectivity index (χ1n) is 15.8. The second-order valence-corrected chi connectivity index (χ2v) is 15.0. The molecule has 2 aromatic carbocycles. The third kappa shape index (κ3) is 5.74. The highest BCUT2D eigenvalue weighted by molar-refractivity contribution is 7.91. The van der Waals surface area contributed by atoms with Crippen molar-refractivity contribution < 1.29 is 36.4 Å². The summed E-state index contributed by atoms with van der Waals surface area (Å²) in [5.74, 6) is -1.21. The van der Waals surface area contributed by atoms with E-state index in [-0.39, 0.29) is 28.1 Å². The van der Waals surface area contributed by atoms with Crippen molar-refractivity contribution in [1.82, 2.24) is 15.5 Å². The Labute approximate surface area is 271 Å². The number of fused-ring (bicyclic) bond motifs is 4. The first kappa shape index (κ1) is 31.5. The molecule has 1 saturated heterocycles. The molecule has 3 aromatic rings. The van der Waals surface area contributed by atoms with Gasteiger partial charge in [-0.25, -0.2) is 12.8 Å². The van der Waals surface area contributed by atoms with Gasteiger partial charge >= 0.3 is 0 Å². The maximum Gasteiger partial charge on any atom is 0.266 e. The lowest BCUT2D eigenvalue weighted by atomic mass is 9.57. The Morgan fingerprint density at radius 1 is 1.11 bits per heavy atom. The number of carbonyl (C=O) groups is 2. The van der Waals surface area contributed by atoms with E-state index in [4.69, 9.17) is 24.7 Å². The summed E-state index contributed by atoms with van der Waals surface area (Å²) in [4.78, 5) is 34.8. The van der Waals surface area contributed by atoms with Gasteiger partial charge in [0.15, 0.2) is 9.84 Å². The zero-order valence-electron chi connectivity index (χ0n) is 26.0. The van der Waals surface area contributed by atoms with E-state index < -0.39 is 44.8 Å². The topological polar surface area (TPSA) is 170 Å². The lowest BCUT2D eigenvalue weighted by molar-refractivity contribution is -0.119. The number of nitrogens with one attached hydrogen (secondary N) is 1. The molecule has 250 valence electrons. The Morgan fingerprint density at radius 3 is 2.45 bits per heavy atom. The second-order valence-electron chi connectivity index (χ2n) is 13.0. The van der Waals surface area contributed by atoms with E-state index in [0.717, 1.165) is 12.1 Å². The van der Waals surface area contributed by atoms with Gasteiger partial charge in [-0.1, -0.05) is 12.1 Å². The molecule has 1 atom stereocenters. The number of nitrogens with two attached hydrogens (primary N) is 1. The highest BCUT2D eigenvalue weighted by atomic mass is 32.2. The van der Waals surface area contributed by atoms with E-state index >= 15 is 4.39 Å². The number of hydrogen-bond acceptors (Lipinski definition) is 11. The Morgan fingerprint density at radius 2 is 1.79 bits per heavy atom. The predicted molar refractivity (Wildman–Crippen MR) is 168 cm³/mol. The molecule has 47 heavy (non-hydrogen) atoms. The number of sulfone groups is 1. The number of hydrogen-bond donors (Lipinski definition) is 2. The van der Waals surface area contributed by atoms with E-state index in [9.17, 15) is 18.0 Å². The minimum absolute atomic E-state index is 0.0410. The quantitative estimate of drug-likeness (QED) is 0.379. The number of nitrogens with zero attached hydrogens (tertiary/aromatic N) is 4. The number of morpholine rings is 1. The van der Waals surface area contributed by atoms with Crippen LogP contribution in [0, 0.1) is 5.82 Å². The van der Waals surface area contributed by atoms with Crippen molar-refractivity contribution in [3.63, 3.8) is 0 Å². The number of ether oxygens (including phenoxy) is 2. The molecule has 8 rings (SSSR count). The maximum absolute atomic E-state index is 15.7. The van der Waals surface area contributed by atoms with Gasteiger partial charge in [-0.05, 0) is 73.5 Å². The first-order chi connectivity index (χ1) is 22.5. The first-order valence-corrected chi connectivity index (χ1v) is 17.4. The highest BCUT2D eigenvalue weighted by Crippen LogP contribution is 2.53. The van der Waals surface area contributed by atoms with Crippen LogP contribution in [0.5, 0.6) is 5.75 Å². The molecule has 3 aliphatic carbocycles. The number of methoxy groups -OCH3 is 1. The van der Waals surface area contributed by atoms with Crippen molar-refractivity contribution in [1.29, 1.82) is 0 Å². The van der Waals surface area contributed by atoms with Crippen LogP contribution in [0.15, 0.2) is 45.8 Å². The highest BCUT2D eigenvalue weighted by Gasteiger charge is 2.53. The van der Waals surface area contributed by atoms with Gasteiger partial charge in [-0.3, -0.25) is 9.59 Å². The molecule has 3 heterocycles. The smallest absolute Gasteiger partial charge is 0.266 e. The van der Waals surface area contributed by atoms with Gasteiger partial charge < -0.3 is 34.8 Å². The van der Waals surface area contributed by atoms with Gasteiger partial charge in [-0.15, -0.1) is 0 Å². The van der Waals surface area contributed by atoms with Gasteiger partial charge in [0.25, 0.3) is 11.9 Å². The molecule has 1 aromatic heterocycles. The third-order valence-corrected chi connectivity index (χ3v) is 12.0. The Balaban J connectivity index is 1.13. The fraction of sp³-hybridized carbons (Fsp3) is 0.500. The van der Waals surface area contributed by atoms with Crippen molar-refractivity contribution in [3.05, 3.63) is 59.2 Å². The predicted octanol–water partition coefficient (Wildman–Crippen LogP) is 2.48. The summed E-state index contributed by atoms with van der Waals surface area (Å²) in [5, 5.41) is 7.32. The Kier molecular flexibility index (Phi) is 7.96. The van der Waals surface area contributed by atoms with Crippen LogP contribution in [0.4, 0.5) is 16.0 Å². The molecule has 3 N–H and O–H groups in total. The Bertz CT molecular complexity index is 1780. The minimum atomic E-state index is -4.15. The molecule has 2 aliphatic heterocycles. The molecule has 0 radical (unpaired) electrons. The summed E-state index contributed by atoms with van der Waals surface area (Å²) in [6.45, 7) is 2.59. The summed E-state index contributed by atoms with van der Waals surface area (Å²) >= 11 is 0. The number of amides is 2. The van der Waals surface area contributed by atoms with Crippen molar-refractivity contribution >= 4 is 33.3 Å². The van der Waals surface area contributed by atoms with E-state index in [1.165, 1.54) is 12.0 Å². The number of aromatic nitrogens is 2. The fourth-order valence-corrected chi connectivity index (χ4v) is 8.86. The molecule has 2 bridgehead atoms. The van der Waals surface area contributed by atoms with Crippen LogP contribution < -0.4 is 25.6 Å². The van der Waals surface area contributed by atoms with E-state index in [0.29, 0.717) is 88.0 Å². The van der Waals surface area contributed by atoms with Gasteiger partial charge in [-0.2, -0.15) is 4.98 Å². The minimum Gasteiger partial charge on any atom is -0.497 e. The van der Waals surface area contributed by atoms with E-state index in [2.05, 4.69) is 10.5 Å². The molecule has 15 heteroatoms. The van der Waals surface area contributed by atoms with E-state index in [1.54, 1.807) is 24.3 Å². The van der Waals surface area contributed by atoms with Crippen LogP contribution in [-0.2, 0) is 31.3 Å². The van der Waals surface area contributed by atoms with Gasteiger partial charge in [0.05, 0.1) is 54.8 Å². The van der Waals surface area contributed by atoms with Crippen LogP contribution in [0.25, 0.3) is 0 Å². The van der Waals surface area contributed by atoms with Crippen LogP contribution in [0.1, 0.15) is 60.3 Å². The maximum atomic E-state index is 15.7. The average molecular weight is 669 g/mol. The summed E-state index contributed by atoms with van der Waals surface area (Å²) in [7, 11) is -2.62. The second kappa shape index (κ2) is 11.9. The van der Waals surface area contributed by atoms with E-state index in [1.807, 2.05) is 4.90 Å². The molecule has 0 spiro atoms. The summed E-state index contributed by atoms with van der Waals surface area (Å²) in [5.41, 5.74) is 5.41. The monoisotopic (exact) mass is 668 g/mol. The number of carbonyl (C=O) groups excluding carboxylic acids is 2. The number of benzene rings is 2. The number of anilines is 2. The van der Waals surface area contributed by atoms with Gasteiger partial charge in [0, 0.05) is 24.0 Å². The van der Waals surface area contributed by atoms with Crippen LogP contribution in [0.2, 0.25) is 0 Å². The summed E-state index contributed by atoms with van der Waals surface area (Å²) < 4.78 is 58.6. The van der Waals surface area contributed by atoms with Crippen molar-refractivity contribution in [2.75, 3.05) is 49.0 Å². The van der Waals surface area contributed by atoms with Gasteiger partial charge in [0.2, 0.25) is 11.8 Å². The fourth-order valence-electron chi connectivity index (χ4n) is 7.30. The molecule has 4 fully saturated rings. The van der Waals surface area contributed by atoms with Crippen LogP contribution >= 0.6 is 0 Å². The normalized spacial score (nSPS) is 26.9. The molecule has 0 unspecified atom stereocenters. The van der Waals surface area contributed by atoms with Gasteiger partial charge in [0.1, 0.15) is 11.6 Å². The molecular formula is C32H37FN6O7S. The van der Waals surface area contributed by atoms with Crippen LogP contribution in [0.3, 0.4) is 0 Å². The standard InChI is InChI=1S/C32H37FN6O7S/c1-44-21-4-2-20(3-5-21)18-39-25-16-22(23(33)17-26(25)47(42,43)19-24(34)28(39)41)27(40)36-32-9-6-31(7-10-32,8-11-32)29-35-30(37-46-29)38-12-14-45-15-13-38/h2-5,16-17,24H,6-15,18-19,34H2,1H3,(H,36,40)/t24-,31?,32?/m0/s1. The van der Waals surface area contributed by atoms with Crippen molar-refractivity contribution in [2.45, 2.75) is 67.0 Å². The summed E-state index contributed by atoms with van der Waals surface area (Å²) in [6, 6.07) is 7.52.